The molecule has 1 fully saturated rings. The van der Waals surface area contributed by atoms with E-state index in [1.165, 1.54) is 5.56 Å². The number of piperidine rings is 1. The molecule has 27 heavy (non-hydrogen) atoms. The molecule has 1 saturated heterocycles. The van der Waals surface area contributed by atoms with Crippen LogP contribution >= 0.6 is 0 Å². The van der Waals surface area contributed by atoms with E-state index in [0.717, 1.165) is 11.3 Å². The number of hydrogen-bond acceptors (Lipinski definition) is 4. The number of halogens is 3. The first-order chi connectivity index (χ1) is 12.7. The van der Waals surface area contributed by atoms with Gasteiger partial charge < -0.3 is 9.94 Å². The van der Waals surface area contributed by atoms with Crippen LogP contribution in [-0.4, -0.2) is 46.8 Å². The number of hydrogen-bond donors (Lipinski definition) is 1. The van der Waals surface area contributed by atoms with Crippen molar-refractivity contribution in [2.75, 3.05) is 13.1 Å². The summed E-state index contributed by atoms with van der Waals surface area (Å²) in [4.78, 5) is 7.47. The Morgan fingerprint density at radius 2 is 1.81 bits per heavy atom. The fraction of sp³-hybridized carbons (Fsp3) is 0.650. The van der Waals surface area contributed by atoms with Crippen molar-refractivity contribution in [3.63, 3.8) is 0 Å². The molecule has 0 amide bonds. The molecule has 1 N–H and O–H groups in total. The summed E-state index contributed by atoms with van der Waals surface area (Å²) in [6.07, 6.45) is -4.57. The highest BCUT2D eigenvalue weighted by Crippen LogP contribution is 2.37. The third-order valence-electron chi connectivity index (χ3n) is 5.57. The molecule has 150 valence electrons. The van der Waals surface area contributed by atoms with Crippen molar-refractivity contribution in [1.82, 2.24) is 4.90 Å². The van der Waals surface area contributed by atoms with Crippen LogP contribution in [0.1, 0.15) is 63.0 Å². The highest BCUT2D eigenvalue weighted by atomic mass is 19.4. The van der Waals surface area contributed by atoms with Crippen LogP contribution in [0.5, 0.6) is 0 Å². The van der Waals surface area contributed by atoms with E-state index < -0.39 is 24.4 Å². The molecule has 2 aliphatic heterocycles. The Bertz CT molecular complexity index is 663. The average Bonchev–Trinajstić information content (AvgIpc) is 3.03. The van der Waals surface area contributed by atoms with Gasteiger partial charge in [0.2, 0.25) is 0 Å². The van der Waals surface area contributed by atoms with Gasteiger partial charge in [-0.3, -0.25) is 4.90 Å². The Hall–Kier alpha value is -1.60. The largest absolute Gasteiger partial charge is 0.389 e. The number of likely N-dealkylation sites (tertiary alicyclic amines) is 1. The molecular weight excluding hydrogens is 357 g/mol. The summed E-state index contributed by atoms with van der Waals surface area (Å²) in [7, 11) is 0. The molecule has 0 bridgehead atoms. The van der Waals surface area contributed by atoms with Gasteiger partial charge in [-0.15, -0.1) is 0 Å². The van der Waals surface area contributed by atoms with Crippen molar-refractivity contribution in [2.24, 2.45) is 5.16 Å². The average molecular weight is 384 g/mol. The third-order valence-corrected chi connectivity index (χ3v) is 5.57. The van der Waals surface area contributed by atoms with Gasteiger partial charge in [-0.1, -0.05) is 43.3 Å². The summed E-state index contributed by atoms with van der Waals surface area (Å²) < 4.78 is 37.0. The molecule has 7 heteroatoms. The van der Waals surface area contributed by atoms with Gasteiger partial charge in [0.1, 0.15) is 11.8 Å². The first-order valence-corrected chi connectivity index (χ1v) is 9.52. The zero-order chi connectivity index (χ0) is 19.7. The molecule has 1 aromatic carbocycles. The first kappa shape index (κ1) is 20.1. The molecule has 4 nitrogen and oxygen atoms in total. The van der Waals surface area contributed by atoms with Crippen LogP contribution in [0.3, 0.4) is 0 Å². The van der Waals surface area contributed by atoms with Crippen molar-refractivity contribution in [2.45, 2.75) is 69.9 Å². The Morgan fingerprint density at radius 1 is 1.19 bits per heavy atom. The van der Waals surface area contributed by atoms with Crippen LogP contribution in [0.25, 0.3) is 0 Å². The van der Waals surface area contributed by atoms with Gasteiger partial charge in [0.05, 0.1) is 5.71 Å². The van der Waals surface area contributed by atoms with Gasteiger partial charge in [-0.25, -0.2) is 0 Å². The fourth-order valence-corrected chi connectivity index (χ4v) is 3.71. The standard InChI is InChI=1S/C20H27F3N2O2/c1-14(2)15-3-5-16(6-4-15)17-13-19(27-24-17)9-11-25(12-10-19)18(26)7-8-20(21,22)23/h3-6,14,18,26H,7-13H2,1-2H3. The summed E-state index contributed by atoms with van der Waals surface area (Å²) in [5, 5.41) is 14.3. The molecular formula is C20H27F3N2O2. The highest BCUT2D eigenvalue weighted by Gasteiger charge is 2.43. The zero-order valence-corrected chi connectivity index (χ0v) is 15.8. The normalized spacial score (nSPS) is 21.4. The minimum atomic E-state index is -4.24. The molecule has 0 radical (unpaired) electrons. The summed E-state index contributed by atoms with van der Waals surface area (Å²) in [5.41, 5.74) is 2.83. The van der Waals surface area contributed by atoms with Gasteiger partial charge in [-0.2, -0.15) is 13.2 Å². The Balaban J connectivity index is 1.52. The van der Waals surface area contributed by atoms with E-state index in [-0.39, 0.29) is 6.42 Å². The van der Waals surface area contributed by atoms with Crippen molar-refractivity contribution >= 4 is 5.71 Å². The highest BCUT2D eigenvalue weighted by molar-refractivity contribution is 6.01. The smallest absolute Gasteiger partial charge is 0.388 e. The number of oxime groups is 1. The quantitative estimate of drug-likeness (QED) is 0.817. The van der Waals surface area contributed by atoms with Crippen LogP contribution in [0, 0.1) is 0 Å². The van der Waals surface area contributed by atoms with E-state index in [2.05, 4.69) is 43.3 Å². The number of alkyl halides is 3. The molecule has 1 unspecified atom stereocenters. The maximum Gasteiger partial charge on any atom is 0.389 e. The van der Waals surface area contributed by atoms with Crippen LogP contribution < -0.4 is 0 Å². The second kappa shape index (κ2) is 7.80. The van der Waals surface area contributed by atoms with E-state index in [1.54, 1.807) is 4.90 Å². The topological polar surface area (TPSA) is 45.1 Å². The molecule has 3 rings (SSSR count). The Labute approximate surface area is 158 Å². The van der Waals surface area contributed by atoms with Crippen LogP contribution in [0.4, 0.5) is 13.2 Å². The van der Waals surface area contributed by atoms with Crippen LogP contribution in [0.15, 0.2) is 29.4 Å². The number of benzene rings is 1. The minimum Gasteiger partial charge on any atom is -0.388 e. The van der Waals surface area contributed by atoms with Gasteiger partial charge >= 0.3 is 6.18 Å². The van der Waals surface area contributed by atoms with Crippen molar-refractivity contribution < 1.29 is 23.1 Å². The van der Waals surface area contributed by atoms with Crippen molar-refractivity contribution in [1.29, 1.82) is 0 Å². The summed E-state index contributed by atoms with van der Waals surface area (Å²) >= 11 is 0. The second-order valence-electron chi connectivity index (χ2n) is 7.94. The van der Waals surface area contributed by atoms with Gasteiger partial charge in [-0.05, 0) is 23.5 Å². The molecule has 2 heterocycles. The number of aliphatic hydroxyl groups is 1. The fourth-order valence-electron chi connectivity index (χ4n) is 3.71. The maximum atomic E-state index is 12.3. The predicted molar refractivity (Wildman–Crippen MR) is 97.6 cm³/mol. The van der Waals surface area contributed by atoms with E-state index in [1.807, 2.05) is 0 Å². The number of aliphatic hydroxyl groups excluding tert-OH is 1. The molecule has 1 aromatic rings. The lowest BCUT2D eigenvalue weighted by Gasteiger charge is -2.39. The second-order valence-corrected chi connectivity index (χ2v) is 7.94. The van der Waals surface area contributed by atoms with Crippen LogP contribution in [0.2, 0.25) is 0 Å². The Kier molecular flexibility index (Phi) is 5.82. The number of rotatable bonds is 5. The third kappa shape index (κ3) is 5.02. The SMILES string of the molecule is CC(C)c1ccc(C2=NOC3(CCN(C(O)CCC(F)(F)F)CC3)C2)cc1. The lowest BCUT2D eigenvalue weighted by Crippen LogP contribution is -2.48. The van der Waals surface area contributed by atoms with Gasteiger partial charge in [0.15, 0.2) is 0 Å². The summed E-state index contributed by atoms with van der Waals surface area (Å²) in [6, 6.07) is 8.33. The van der Waals surface area contributed by atoms with E-state index >= 15 is 0 Å². The monoisotopic (exact) mass is 384 g/mol. The molecule has 1 atom stereocenters. The minimum absolute atomic E-state index is 0.290. The van der Waals surface area contributed by atoms with Gasteiger partial charge in [0.25, 0.3) is 0 Å². The molecule has 2 aliphatic rings. The molecule has 0 aliphatic carbocycles. The van der Waals surface area contributed by atoms with Crippen molar-refractivity contribution in [3.05, 3.63) is 35.4 Å². The lowest BCUT2D eigenvalue weighted by atomic mass is 9.85. The first-order valence-electron chi connectivity index (χ1n) is 9.52. The van der Waals surface area contributed by atoms with Crippen molar-refractivity contribution in [3.8, 4) is 0 Å². The lowest BCUT2D eigenvalue weighted by molar-refractivity contribution is -0.151. The Morgan fingerprint density at radius 3 is 2.37 bits per heavy atom. The van der Waals surface area contributed by atoms with Gasteiger partial charge in [0, 0.05) is 38.8 Å². The van der Waals surface area contributed by atoms with E-state index in [9.17, 15) is 18.3 Å². The van der Waals surface area contributed by atoms with E-state index in [4.69, 9.17) is 4.84 Å². The van der Waals surface area contributed by atoms with E-state index in [0.29, 0.717) is 38.3 Å². The predicted octanol–water partition coefficient (Wildman–Crippen LogP) is 4.43. The zero-order valence-electron chi connectivity index (χ0n) is 15.8. The molecule has 1 spiro atoms. The number of nitrogens with zero attached hydrogens (tertiary/aromatic N) is 2. The molecule has 0 aromatic heterocycles. The summed E-state index contributed by atoms with van der Waals surface area (Å²) in [5.74, 6) is 0.472. The maximum absolute atomic E-state index is 12.3. The summed E-state index contributed by atoms with van der Waals surface area (Å²) in [6.45, 7) is 5.32. The molecule has 0 saturated carbocycles. The van der Waals surface area contributed by atoms with Crippen LogP contribution in [-0.2, 0) is 4.84 Å².